The predicted octanol–water partition coefficient (Wildman–Crippen LogP) is 2.08. The Morgan fingerprint density at radius 1 is 1.52 bits per heavy atom. The van der Waals surface area contributed by atoms with Gasteiger partial charge in [-0.3, -0.25) is 9.59 Å². The van der Waals surface area contributed by atoms with Crippen LogP contribution in [0.2, 0.25) is 5.02 Å². The first-order valence-corrected chi connectivity index (χ1v) is 7.83. The van der Waals surface area contributed by atoms with E-state index in [9.17, 15) is 9.59 Å². The smallest absolute Gasteiger partial charge is 0.256 e. The van der Waals surface area contributed by atoms with Crippen molar-refractivity contribution in [2.24, 2.45) is 0 Å². The van der Waals surface area contributed by atoms with Gasteiger partial charge < -0.3 is 15.0 Å². The first-order chi connectivity index (χ1) is 10.1. The molecule has 21 heavy (non-hydrogen) atoms. The lowest BCUT2D eigenvalue weighted by atomic mass is 10.1. The lowest BCUT2D eigenvalue weighted by Gasteiger charge is -2.34. The van der Waals surface area contributed by atoms with Crippen LogP contribution in [0.15, 0.2) is 22.7 Å². The van der Waals surface area contributed by atoms with Gasteiger partial charge in [-0.25, -0.2) is 0 Å². The van der Waals surface area contributed by atoms with E-state index in [-0.39, 0.29) is 18.4 Å². The largest absolute Gasteiger partial charge is 0.377 e. The van der Waals surface area contributed by atoms with Crippen LogP contribution in [0.3, 0.4) is 0 Å². The van der Waals surface area contributed by atoms with E-state index >= 15 is 0 Å². The zero-order chi connectivity index (χ0) is 15.4. The summed E-state index contributed by atoms with van der Waals surface area (Å²) in [6, 6.07) is 4.53. The SMILES string of the molecule is CCNC(=O)C1COCCN1C(=O)c1cccc(Br)c1Cl. The van der Waals surface area contributed by atoms with Gasteiger partial charge in [-0.2, -0.15) is 0 Å². The van der Waals surface area contributed by atoms with Crippen LogP contribution >= 0.6 is 27.5 Å². The number of likely N-dealkylation sites (N-methyl/N-ethyl adjacent to an activating group) is 1. The number of carbonyl (C=O) groups is 2. The third-order valence-electron chi connectivity index (χ3n) is 3.22. The highest BCUT2D eigenvalue weighted by atomic mass is 79.9. The average molecular weight is 376 g/mol. The van der Waals surface area contributed by atoms with Crippen LogP contribution in [0.25, 0.3) is 0 Å². The second kappa shape index (κ2) is 7.24. The number of ether oxygens (including phenoxy) is 1. The second-order valence-corrected chi connectivity index (χ2v) is 5.82. The van der Waals surface area contributed by atoms with Gasteiger partial charge in [0.25, 0.3) is 5.91 Å². The molecule has 0 radical (unpaired) electrons. The molecule has 7 heteroatoms. The Morgan fingerprint density at radius 3 is 3.00 bits per heavy atom. The van der Waals surface area contributed by atoms with E-state index in [1.807, 2.05) is 6.92 Å². The topological polar surface area (TPSA) is 58.6 Å². The summed E-state index contributed by atoms with van der Waals surface area (Å²) in [6.07, 6.45) is 0. The molecular formula is C14H16BrClN2O3. The molecule has 5 nitrogen and oxygen atoms in total. The fraction of sp³-hybridized carbons (Fsp3) is 0.429. The number of hydrogen-bond acceptors (Lipinski definition) is 3. The Balaban J connectivity index is 2.26. The van der Waals surface area contributed by atoms with Gasteiger partial charge in [0, 0.05) is 17.6 Å². The third kappa shape index (κ3) is 3.56. The zero-order valence-electron chi connectivity index (χ0n) is 11.6. The van der Waals surface area contributed by atoms with Gasteiger partial charge >= 0.3 is 0 Å². The van der Waals surface area contributed by atoms with Gasteiger partial charge in [-0.1, -0.05) is 17.7 Å². The summed E-state index contributed by atoms with van der Waals surface area (Å²) < 4.78 is 5.97. The summed E-state index contributed by atoms with van der Waals surface area (Å²) >= 11 is 9.47. The van der Waals surface area contributed by atoms with E-state index in [1.165, 1.54) is 4.90 Å². The Hall–Kier alpha value is -1.11. The van der Waals surface area contributed by atoms with E-state index < -0.39 is 6.04 Å². The molecule has 1 aliphatic heterocycles. The minimum absolute atomic E-state index is 0.198. The lowest BCUT2D eigenvalue weighted by molar-refractivity contribution is -0.130. The van der Waals surface area contributed by atoms with Gasteiger partial charge in [0.05, 0.1) is 23.8 Å². The number of halogens is 2. The van der Waals surface area contributed by atoms with Crippen LogP contribution < -0.4 is 5.32 Å². The van der Waals surface area contributed by atoms with Gasteiger partial charge in [-0.15, -0.1) is 0 Å². The van der Waals surface area contributed by atoms with Crippen LogP contribution in [-0.4, -0.2) is 49.1 Å². The molecule has 1 atom stereocenters. The molecule has 1 aromatic carbocycles. The van der Waals surface area contributed by atoms with Crippen LogP contribution in [0.5, 0.6) is 0 Å². The molecular weight excluding hydrogens is 360 g/mol. The summed E-state index contributed by atoms with van der Waals surface area (Å²) in [7, 11) is 0. The van der Waals surface area contributed by atoms with Crippen molar-refractivity contribution < 1.29 is 14.3 Å². The summed E-state index contributed by atoms with van der Waals surface area (Å²) in [6.45, 7) is 3.31. The first-order valence-electron chi connectivity index (χ1n) is 6.66. The summed E-state index contributed by atoms with van der Waals surface area (Å²) in [5.74, 6) is -0.475. The normalized spacial score (nSPS) is 18.4. The maximum absolute atomic E-state index is 12.7. The highest BCUT2D eigenvalue weighted by molar-refractivity contribution is 9.10. The Morgan fingerprint density at radius 2 is 2.29 bits per heavy atom. The van der Waals surface area contributed by atoms with E-state index in [0.717, 1.165) is 0 Å². The van der Waals surface area contributed by atoms with Crippen LogP contribution in [0.4, 0.5) is 0 Å². The predicted molar refractivity (Wildman–Crippen MR) is 83.5 cm³/mol. The maximum Gasteiger partial charge on any atom is 0.256 e. The van der Waals surface area contributed by atoms with Crippen molar-refractivity contribution in [3.63, 3.8) is 0 Å². The third-order valence-corrected chi connectivity index (χ3v) is 4.52. The van der Waals surface area contributed by atoms with Crippen molar-refractivity contribution in [3.05, 3.63) is 33.3 Å². The minimum atomic E-state index is -0.624. The quantitative estimate of drug-likeness (QED) is 0.880. The molecule has 1 N–H and O–H groups in total. The van der Waals surface area contributed by atoms with Crippen molar-refractivity contribution in [1.82, 2.24) is 10.2 Å². The highest BCUT2D eigenvalue weighted by Crippen LogP contribution is 2.27. The van der Waals surface area contributed by atoms with E-state index in [1.54, 1.807) is 18.2 Å². The van der Waals surface area contributed by atoms with Gasteiger partial charge in [-0.05, 0) is 35.0 Å². The van der Waals surface area contributed by atoms with E-state index in [4.69, 9.17) is 16.3 Å². The number of hydrogen-bond donors (Lipinski definition) is 1. The first kappa shape index (κ1) is 16.3. The molecule has 0 bridgehead atoms. The Labute approximate surface area is 136 Å². The van der Waals surface area contributed by atoms with Crippen LogP contribution in [0, 0.1) is 0 Å². The number of amides is 2. The number of carbonyl (C=O) groups excluding carboxylic acids is 2. The molecule has 2 rings (SSSR count). The molecule has 0 saturated carbocycles. The number of benzene rings is 1. The zero-order valence-corrected chi connectivity index (χ0v) is 13.9. The molecule has 114 valence electrons. The lowest BCUT2D eigenvalue weighted by Crippen LogP contribution is -2.55. The molecule has 1 aliphatic rings. The van der Waals surface area contributed by atoms with Crippen molar-refractivity contribution in [1.29, 1.82) is 0 Å². The number of nitrogens with one attached hydrogen (secondary N) is 1. The maximum atomic E-state index is 12.7. The van der Waals surface area contributed by atoms with Crippen molar-refractivity contribution >= 4 is 39.3 Å². The molecule has 1 aromatic rings. The monoisotopic (exact) mass is 374 g/mol. The molecule has 1 fully saturated rings. The van der Waals surface area contributed by atoms with E-state index in [2.05, 4.69) is 21.2 Å². The van der Waals surface area contributed by atoms with Crippen LogP contribution in [-0.2, 0) is 9.53 Å². The van der Waals surface area contributed by atoms with Gasteiger partial charge in [0.2, 0.25) is 5.91 Å². The van der Waals surface area contributed by atoms with Crippen LogP contribution in [0.1, 0.15) is 17.3 Å². The minimum Gasteiger partial charge on any atom is -0.377 e. The van der Waals surface area contributed by atoms with Crippen molar-refractivity contribution in [2.75, 3.05) is 26.3 Å². The number of rotatable bonds is 3. The van der Waals surface area contributed by atoms with Crippen molar-refractivity contribution in [2.45, 2.75) is 13.0 Å². The fourth-order valence-corrected chi connectivity index (χ4v) is 2.75. The molecule has 1 heterocycles. The Kier molecular flexibility index (Phi) is 5.61. The molecule has 1 unspecified atom stereocenters. The molecule has 0 aromatic heterocycles. The molecule has 1 saturated heterocycles. The fourth-order valence-electron chi connectivity index (χ4n) is 2.18. The molecule has 0 spiro atoms. The van der Waals surface area contributed by atoms with Gasteiger partial charge in [0.15, 0.2) is 0 Å². The number of nitrogens with zero attached hydrogens (tertiary/aromatic N) is 1. The summed E-state index contributed by atoms with van der Waals surface area (Å²) in [5.41, 5.74) is 0.377. The molecule has 0 aliphatic carbocycles. The summed E-state index contributed by atoms with van der Waals surface area (Å²) in [5, 5.41) is 3.07. The average Bonchev–Trinajstić information content (AvgIpc) is 2.49. The highest BCUT2D eigenvalue weighted by Gasteiger charge is 2.33. The standard InChI is InChI=1S/C14H16BrClN2O3/c1-2-17-13(19)11-8-21-7-6-18(11)14(20)9-4-3-5-10(15)12(9)16/h3-5,11H,2,6-8H2,1H3,(H,17,19). The van der Waals surface area contributed by atoms with Crippen molar-refractivity contribution in [3.8, 4) is 0 Å². The van der Waals surface area contributed by atoms with E-state index in [0.29, 0.717) is 34.8 Å². The Bertz CT molecular complexity index is 553. The number of morpholine rings is 1. The molecule has 2 amide bonds. The summed E-state index contributed by atoms with van der Waals surface area (Å²) in [4.78, 5) is 26.3. The second-order valence-electron chi connectivity index (χ2n) is 4.59. The van der Waals surface area contributed by atoms with Gasteiger partial charge in [0.1, 0.15) is 6.04 Å².